The Hall–Kier alpha value is -1.32. The highest BCUT2D eigenvalue weighted by Crippen LogP contribution is 2.19. The Kier molecular flexibility index (Phi) is 3.68. The number of hydrogen-bond acceptors (Lipinski definition) is 3. The first-order valence-electron chi connectivity index (χ1n) is 4.77. The van der Waals surface area contributed by atoms with Crippen molar-refractivity contribution in [2.45, 2.75) is 25.8 Å². The van der Waals surface area contributed by atoms with Crippen LogP contribution in [0.15, 0.2) is 12.7 Å². The molecule has 0 bridgehead atoms. The second kappa shape index (κ2) is 4.79. The monoisotopic (exact) mass is 197 g/mol. The molecule has 4 nitrogen and oxygen atoms in total. The van der Waals surface area contributed by atoms with Crippen LogP contribution in [0.4, 0.5) is 0 Å². The summed E-state index contributed by atoms with van der Waals surface area (Å²) in [6, 6.07) is -0.402. The average Bonchev–Trinajstić information content (AvgIpc) is 2.50. The fourth-order valence-corrected chi connectivity index (χ4v) is 1.59. The molecule has 0 spiro atoms. The molecule has 0 aromatic rings. The molecule has 1 amide bonds. The number of hydrogen-bond donors (Lipinski definition) is 0. The fraction of sp³-hybridized carbons (Fsp3) is 0.600. The van der Waals surface area contributed by atoms with Gasteiger partial charge < -0.3 is 9.64 Å². The first kappa shape index (κ1) is 10.8. The van der Waals surface area contributed by atoms with Gasteiger partial charge in [-0.05, 0) is 13.3 Å². The lowest BCUT2D eigenvalue weighted by Gasteiger charge is -2.21. The van der Waals surface area contributed by atoms with Gasteiger partial charge in [0.25, 0.3) is 0 Å². The van der Waals surface area contributed by atoms with Gasteiger partial charge >= 0.3 is 5.97 Å². The van der Waals surface area contributed by atoms with E-state index in [1.807, 2.05) is 0 Å². The lowest BCUT2D eigenvalue weighted by molar-refractivity contribution is -0.151. The number of nitrogens with zero attached hydrogens (tertiary/aromatic N) is 1. The third kappa shape index (κ3) is 2.13. The number of ether oxygens (including phenoxy) is 1. The zero-order valence-corrected chi connectivity index (χ0v) is 8.36. The van der Waals surface area contributed by atoms with Crippen LogP contribution in [-0.2, 0) is 14.3 Å². The van der Waals surface area contributed by atoms with E-state index >= 15 is 0 Å². The molecule has 1 atom stereocenters. The number of likely N-dealkylation sites (tertiary alicyclic amines) is 1. The van der Waals surface area contributed by atoms with Crippen molar-refractivity contribution in [3.63, 3.8) is 0 Å². The zero-order chi connectivity index (χ0) is 10.6. The molecule has 1 fully saturated rings. The van der Waals surface area contributed by atoms with Gasteiger partial charge in [-0.25, -0.2) is 4.79 Å². The minimum absolute atomic E-state index is 0.00273. The predicted molar refractivity (Wildman–Crippen MR) is 51.6 cm³/mol. The number of amides is 1. The molecule has 0 aliphatic carbocycles. The summed E-state index contributed by atoms with van der Waals surface area (Å²) in [5, 5.41) is 0. The van der Waals surface area contributed by atoms with Crippen molar-refractivity contribution in [3.05, 3.63) is 12.7 Å². The van der Waals surface area contributed by atoms with Gasteiger partial charge in [-0.15, -0.1) is 6.58 Å². The van der Waals surface area contributed by atoms with Crippen LogP contribution in [0.3, 0.4) is 0 Å². The third-order valence-electron chi connectivity index (χ3n) is 2.21. The topological polar surface area (TPSA) is 46.6 Å². The Morgan fingerprint density at radius 1 is 1.79 bits per heavy atom. The van der Waals surface area contributed by atoms with E-state index in [0.717, 1.165) is 0 Å². The first-order valence-corrected chi connectivity index (χ1v) is 4.77. The maximum absolute atomic E-state index is 11.4. The molecule has 14 heavy (non-hydrogen) atoms. The Morgan fingerprint density at radius 3 is 3.07 bits per heavy atom. The SMILES string of the molecule is C=CCN1C(=O)CC[C@H]1C(=O)OCC. The van der Waals surface area contributed by atoms with Gasteiger partial charge in [0, 0.05) is 13.0 Å². The molecule has 0 aromatic carbocycles. The molecule has 1 saturated heterocycles. The van der Waals surface area contributed by atoms with Crippen LogP contribution in [-0.4, -0.2) is 36.0 Å². The van der Waals surface area contributed by atoms with Crippen LogP contribution >= 0.6 is 0 Å². The van der Waals surface area contributed by atoms with Crippen molar-refractivity contribution in [1.82, 2.24) is 4.90 Å². The summed E-state index contributed by atoms with van der Waals surface area (Å²) in [6.07, 6.45) is 2.61. The molecule has 0 unspecified atom stereocenters. The Morgan fingerprint density at radius 2 is 2.50 bits per heavy atom. The highest BCUT2D eigenvalue weighted by Gasteiger charge is 2.35. The summed E-state index contributed by atoms with van der Waals surface area (Å²) in [7, 11) is 0. The van der Waals surface area contributed by atoms with E-state index in [1.54, 1.807) is 13.0 Å². The van der Waals surface area contributed by atoms with Gasteiger partial charge in [-0.2, -0.15) is 0 Å². The van der Waals surface area contributed by atoms with E-state index in [9.17, 15) is 9.59 Å². The zero-order valence-electron chi connectivity index (χ0n) is 8.36. The Balaban J connectivity index is 2.63. The van der Waals surface area contributed by atoms with Crippen LogP contribution < -0.4 is 0 Å². The predicted octanol–water partition coefficient (Wildman–Crippen LogP) is 0.726. The lowest BCUT2D eigenvalue weighted by atomic mass is 10.2. The normalized spacial score (nSPS) is 21.1. The van der Waals surface area contributed by atoms with Crippen LogP contribution in [0, 0.1) is 0 Å². The number of rotatable bonds is 4. The molecule has 0 radical (unpaired) electrons. The standard InChI is InChI=1S/C10H15NO3/c1-3-7-11-8(5-6-9(11)12)10(13)14-4-2/h3,8H,1,4-7H2,2H3/t8-/m0/s1. The molecule has 0 N–H and O–H groups in total. The van der Waals surface area contributed by atoms with Gasteiger partial charge in [0.2, 0.25) is 5.91 Å². The van der Waals surface area contributed by atoms with E-state index < -0.39 is 6.04 Å². The summed E-state index contributed by atoms with van der Waals surface area (Å²) in [6.45, 7) is 6.08. The minimum atomic E-state index is -0.402. The molecule has 1 aliphatic heterocycles. The van der Waals surface area contributed by atoms with Crippen LogP contribution in [0.5, 0.6) is 0 Å². The smallest absolute Gasteiger partial charge is 0.328 e. The van der Waals surface area contributed by atoms with E-state index in [0.29, 0.717) is 26.0 Å². The van der Waals surface area contributed by atoms with E-state index in [2.05, 4.69) is 6.58 Å². The van der Waals surface area contributed by atoms with Crippen molar-refractivity contribution in [3.8, 4) is 0 Å². The molecule has 1 heterocycles. The summed E-state index contributed by atoms with van der Waals surface area (Å²) in [4.78, 5) is 24.3. The van der Waals surface area contributed by atoms with Gasteiger partial charge in [0.05, 0.1) is 6.61 Å². The summed E-state index contributed by atoms with van der Waals surface area (Å²) < 4.78 is 4.88. The molecule has 1 rings (SSSR count). The van der Waals surface area contributed by atoms with Crippen LogP contribution in [0.1, 0.15) is 19.8 Å². The second-order valence-electron chi connectivity index (χ2n) is 3.14. The summed E-state index contributed by atoms with van der Waals surface area (Å²) in [5.74, 6) is -0.303. The Bertz CT molecular complexity index is 250. The number of carbonyl (C=O) groups is 2. The first-order chi connectivity index (χ1) is 6.70. The van der Waals surface area contributed by atoms with E-state index in [1.165, 1.54) is 4.90 Å². The molecular weight excluding hydrogens is 182 g/mol. The maximum Gasteiger partial charge on any atom is 0.328 e. The van der Waals surface area contributed by atoms with Crippen molar-refractivity contribution >= 4 is 11.9 Å². The second-order valence-corrected chi connectivity index (χ2v) is 3.14. The van der Waals surface area contributed by atoms with Gasteiger partial charge in [-0.1, -0.05) is 6.08 Å². The molecule has 0 aromatic heterocycles. The van der Waals surface area contributed by atoms with Crippen molar-refractivity contribution in [2.24, 2.45) is 0 Å². The van der Waals surface area contributed by atoms with E-state index in [4.69, 9.17) is 4.74 Å². The van der Waals surface area contributed by atoms with Gasteiger partial charge in [0.15, 0.2) is 0 Å². The van der Waals surface area contributed by atoms with E-state index in [-0.39, 0.29) is 11.9 Å². The number of esters is 1. The van der Waals surface area contributed by atoms with Crippen LogP contribution in [0.2, 0.25) is 0 Å². The highest BCUT2D eigenvalue weighted by atomic mass is 16.5. The van der Waals surface area contributed by atoms with Gasteiger partial charge in [-0.3, -0.25) is 4.79 Å². The molecular formula is C10H15NO3. The highest BCUT2D eigenvalue weighted by molar-refractivity contribution is 5.88. The lowest BCUT2D eigenvalue weighted by Crippen LogP contribution is -2.39. The maximum atomic E-state index is 11.4. The Labute approximate surface area is 83.5 Å². The fourth-order valence-electron chi connectivity index (χ4n) is 1.59. The summed E-state index contributed by atoms with van der Waals surface area (Å²) in [5.41, 5.74) is 0. The summed E-state index contributed by atoms with van der Waals surface area (Å²) >= 11 is 0. The molecule has 1 aliphatic rings. The van der Waals surface area contributed by atoms with Gasteiger partial charge in [0.1, 0.15) is 6.04 Å². The average molecular weight is 197 g/mol. The largest absolute Gasteiger partial charge is 0.464 e. The minimum Gasteiger partial charge on any atom is -0.464 e. The van der Waals surface area contributed by atoms with Crippen LogP contribution in [0.25, 0.3) is 0 Å². The third-order valence-corrected chi connectivity index (χ3v) is 2.21. The van der Waals surface area contributed by atoms with Crippen molar-refractivity contribution in [1.29, 1.82) is 0 Å². The van der Waals surface area contributed by atoms with Crippen molar-refractivity contribution < 1.29 is 14.3 Å². The van der Waals surface area contributed by atoms with Crippen molar-refractivity contribution in [2.75, 3.05) is 13.2 Å². The quantitative estimate of drug-likeness (QED) is 0.493. The molecule has 78 valence electrons. The number of carbonyl (C=O) groups excluding carboxylic acids is 2. The molecule has 0 saturated carbocycles. The molecule has 4 heteroatoms.